The number of likely N-dealkylation sites (tertiary alicyclic amines) is 1. The number of nitrogens with zero attached hydrogens (tertiary/aromatic N) is 2. The number of anilines is 1. The Kier molecular flexibility index (Phi) is 6.37. The highest BCUT2D eigenvalue weighted by atomic mass is 16.5. The minimum Gasteiger partial charge on any atom is -0.381 e. The Labute approximate surface area is 162 Å². The van der Waals surface area contributed by atoms with E-state index < -0.39 is 0 Å². The second-order valence-electron chi connectivity index (χ2n) is 7.99. The first kappa shape index (κ1) is 19.7. The summed E-state index contributed by atoms with van der Waals surface area (Å²) < 4.78 is 5.64. The van der Waals surface area contributed by atoms with Crippen LogP contribution < -0.4 is 10.6 Å². The fraction of sp³-hybridized carbons (Fsp3) is 0.619. The molecule has 1 aromatic carbocycles. The van der Waals surface area contributed by atoms with Crippen LogP contribution in [0.5, 0.6) is 0 Å². The fourth-order valence-electron chi connectivity index (χ4n) is 3.66. The van der Waals surface area contributed by atoms with Crippen molar-refractivity contribution >= 4 is 17.6 Å². The van der Waals surface area contributed by atoms with Gasteiger partial charge in [0, 0.05) is 43.3 Å². The summed E-state index contributed by atoms with van der Waals surface area (Å²) in [4.78, 5) is 19.0. The van der Waals surface area contributed by atoms with E-state index in [4.69, 9.17) is 9.73 Å². The minimum absolute atomic E-state index is 0.0222. The Hall–Kier alpha value is -2.08. The zero-order valence-corrected chi connectivity index (χ0v) is 16.8. The molecule has 2 heterocycles. The van der Waals surface area contributed by atoms with E-state index in [-0.39, 0.29) is 11.8 Å². The molecule has 0 aliphatic carbocycles. The molecule has 0 bridgehead atoms. The molecule has 2 aliphatic heterocycles. The Bertz CT molecular complexity index is 663. The van der Waals surface area contributed by atoms with Gasteiger partial charge in [0.1, 0.15) is 0 Å². The first-order chi connectivity index (χ1) is 13.0. The molecule has 3 rings (SSSR count). The number of hydrogen-bond donors (Lipinski definition) is 2. The van der Waals surface area contributed by atoms with Crippen LogP contribution in [0.4, 0.5) is 5.69 Å². The highest BCUT2D eigenvalue weighted by Gasteiger charge is 2.42. The molecule has 0 saturated carbocycles. The summed E-state index contributed by atoms with van der Waals surface area (Å²) in [5.41, 5.74) is 2.29. The molecule has 148 valence electrons. The molecular weight excluding hydrogens is 340 g/mol. The maximum Gasteiger partial charge on any atom is 0.226 e. The normalized spacial score (nSPS) is 22.7. The summed E-state index contributed by atoms with van der Waals surface area (Å²) in [6, 6.07) is 7.94. The van der Waals surface area contributed by atoms with Crippen molar-refractivity contribution in [3.05, 3.63) is 29.8 Å². The Balaban J connectivity index is 1.61. The number of carbonyl (C=O) groups excluding carboxylic acids is 1. The van der Waals surface area contributed by atoms with Gasteiger partial charge in [0.2, 0.25) is 5.91 Å². The molecule has 2 fully saturated rings. The number of guanidine groups is 1. The van der Waals surface area contributed by atoms with Crippen molar-refractivity contribution in [2.45, 2.75) is 40.2 Å². The molecule has 2 aliphatic rings. The number of rotatable bonds is 5. The van der Waals surface area contributed by atoms with Crippen molar-refractivity contribution in [1.82, 2.24) is 10.2 Å². The van der Waals surface area contributed by atoms with Crippen molar-refractivity contribution in [3.8, 4) is 0 Å². The van der Waals surface area contributed by atoms with Crippen LogP contribution in [0.3, 0.4) is 0 Å². The van der Waals surface area contributed by atoms with Crippen LogP contribution in [0.15, 0.2) is 29.3 Å². The molecule has 0 aromatic heterocycles. The van der Waals surface area contributed by atoms with Gasteiger partial charge in [-0.15, -0.1) is 0 Å². The summed E-state index contributed by atoms with van der Waals surface area (Å²) in [7, 11) is 0. The van der Waals surface area contributed by atoms with Crippen LogP contribution in [0.1, 0.15) is 39.2 Å². The van der Waals surface area contributed by atoms with E-state index in [2.05, 4.69) is 22.5 Å². The van der Waals surface area contributed by atoms with Gasteiger partial charge in [-0.2, -0.15) is 0 Å². The molecule has 1 aromatic rings. The lowest BCUT2D eigenvalue weighted by Gasteiger charge is -2.25. The topological polar surface area (TPSA) is 66.0 Å². The standard InChI is InChI=1S/C21H32N4O2/c1-4-22-20(25-11-9-21(14-25)10-12-27-15-21)23-13-17-5-7-18(8-6-17)24-19(26)16(2)3/h5-8,16H,4,9-15H2,1-3H3,(H,22,23)(H,24,26). The second-order valence-corrected chi connectivity index (χ2v) is 7.99. The van der Waals surface area contributed by atoms with Crippen molar-refractivity contribution in [1.29, 1.82) is 0 Å². The third kappa shape index (κ3) is 5.01. The predicted octanol–water partition coefficient (Wildman–Crippen LogP) is 2.86. The van der Waals surface area contributed by atoms with Gasteiger partial charge < -0.3 is 20.3 Å². The number of amides is 1. The van der Waals surface area contributed by atoms with E-state index in [0.717, 1.165) is 56.5 Å². The summed E-state index contributed by atoms with van der Waals surface area (Å²) in [5.74, 6) is 0.999. The van der Waals surface area contributed by atoms with Crippen LogP contribution in [-0.2, 0) is 16.1 Å². The molecule has 2 N–H and O–H groups in total. The van der Waals surface area contributed by atoms with Crippen molar-refractivity contribution < 1.29 is 9.53 Å². The number of carbonyl (C=O) groups is 1. The maximum atomic E-state index is 11.8. The lowest BCUT2D eigenvalue weighted by atomic mass is 9.87. The molecule has 1 amide bonds. The molecule has 1 unspecified atom stereocenters. The minimum atomic E-state index is -0.0222. The van der Waals surface area contributed by atoms with Crippen LogP contribution in [-0.4, -0.2) is 49.6 Å². The van der Waals surface area contributed by atoms with Crippen molar-refractivity contribution in [2.24, 2.45) is 16.3 Å². The van der Waals surface area contributed by atoms with E-state index in [1.165, 1.54) is 6.42 Å². The van der Waals surface area contributed by atoms with Crippen molar-refractivity contribution in [3.63, 3.8) is 0 Å². The average Bonchev–Trinajstić information content (AvgIpc) is 3.30. The monoisotopic (exact) mass is 372 g/mol. The van der Waals surface area contributed by atoms with Gasteiger partial charge >= 0.3 is 0 Å². The highest BCUT2D eigenvalue weighted by Crippen LogP contribution is 2.38. The van der Waals surface area contributed by atoms with E-state index in [0.29, 0.717) is 12.0 Å². The first-order valence-corrected chi connectivity index (χ1v) is 10.0. The number of ether oxygens (including phenoxy) is 1. The second kappa shape index (κ2) is 8.74. The average molecular weight is 373 g/mol. The van der Waals surface area contributed by atoms with Gasteiger partial charge in [-0.1, -0.05) is 26.0 Å². The van der Waals surface area contributed by atoms with E-state index >= 15 is 0 Å². The van der Waals surface area contributed by atoms with E-state index in [9.17, 15) is 4.79 Å². The summed E-state index contributed by atoms with van der Waals surface area (Å²) in [5, 5.41) is 6.35. The maximum absolute atomic E-state index is 11.8. The Morgan fingerprint density at radius 2 is 2.07 bits per heavy atom. The summed E-state index contributed by atoms with van der Waals surface area (Å²) in [6.07, 6.45) is 2.34. The lowest BCUT2D eigenvalue weighted by Crippen LogP contribution is -2.41. The molecule has 27 heavy (non-hydrogen) atoms. The van der Waals surface area contributed by atoms with E-state index in [1.54, 1.807) is 0 Å². The first-order valence-electron chi connectivity index (χ1n) is 10.0. The SMILES string of the molecule is CCNC(=NCc1ccc(NC(=O)C(C)C)cc1)N1CCC2(CCOC2)C1. The number of aliphatic imine (C=N–C) groups is 1. The third-order valence-corrected chi connectivity index (χ3v) is 5.41. The molecule has 1 spiro atoms. The van der Waals surface area contributed by atoms with Gasteiger partial charge in [0.05, 0.1) is 13.2 Å². The van der Waals surface area contributed by atoms with Crippen LogP contribution in [0, 0.1) is 11.3 Å². The fourth-order valence-corrected chi connectivity index (χ4v) is 3.66. The third-order valence-electron chi connectivity index (χ3n) is 5.41. The quantitative estimate of drug-likeness (QED) is 0.616. The lowest BCUT2D eigenvalue weighted by molar-refractivity contribution is -0.118. The van der Waals surface area contributed by atoms with Gasteiger partial charge in [-0.05, 0) is 37.5 Å². The number of hydrogen-bond acceptors (Lipinski definition) is 3. The van der Waals surface area contributed by atoms with Gasteiger partial charge in [0.15, 0.2) is 5.96 Å². The van der Waals surface area contributed by atoms with Crippen molar-refractivity contribution in [2.75, 3.05) is 38.2 Å². The predicted molar refractivity (Wildman–Crippen MR) is 109 cm³/mol. The van der Waals surface area contributed by atoms with Crippen LogP contribution in [0.25, 0.3) is 0 Å². The molecule has 6 heteroatoms. The molecule has 2 saturated heterocycles. The summed E-state index contributed by atoms with van der Waals surface area (Å²) in [6.45, 7) is 11.2. The van der Waals surface area contributed by atoms with Crippen LogP contribution >= 0.6 is 0 Å². The Morgan fingerprint density at radius 1 is 1.30 bits per heavy atom. The molecule has 0 radical (unpaired) electrons. The molecular formula is C21H32N4O2. The van der Waals surface area contributed by atoms with Crippen LogP contribution in [0.2, 0.25) is 0 Å². The zero-order valence-electron chi connectivity index (χ0n) is 16.8. The molecule has 6 nitrogen and oxygen atoms in total. The largest absolute Gasteiger partial charge is 0.381 e. The Morgan fingerprint density at radius 3 is 2.70 bits per heavy atom. The highest BCUT2D eigenvalue weighted by molar-refractivity contribution is 5.92. The summed E-state index contributed by atoms with van der Waals surface area (Å²) >= 11 is 0. The smallest absolute Gasteiger partial charge is 0.226 e. The van der Waals surface area contributed by atoms with E-state index in [1.807, 2.05) is 38.1 Å². The van der Waals surface area contributed by atoms with Gasteiger partial charge in [0.25, 0.3) is 0 Å². The van der Waals surface area contributed by atoms with Gasteiger partial charge in [-0.3, -0.25) is 4.79 Å². The number of nitrogens with one attached hydrogen (secondary N) is 2. The molecule has 1 atom stereocenters. The number of benzene rings is 1. The van der Waals surface area contributed by atoms with Gasteiger partial charge in [-0.25, -0.2) is 4.99 Å². The zero-order chi connectivity index (χ0) is 19.3.